The lowest BCUT2D eigenvalue weighted by molar-refractivity contribution is -0.150. The molecule has 5 nitrogen and oxygen atoms in total. The van der Waals surface area contributed by atoms with Crippen LogP contribution < -0.4 is 0 Å². The molecule has 0 aromatic carbocycles. The minimum atomic E-state index is -3.28. The molecule has 0 rings (SSSR count). The Hall–Kier alpha value is -1.66. The van der Waals surface area contributed by atoms with Crippen LogP contribution in [-0.2, 0) is 19.2 Å². The van der Waals surface area contributed by atoms with Gasteiger partial charge in [-0.1, -0.05) is 0 Å². The summed E-state index contributed by atoms with van der Waals surface area (Å²) in [6, 6.07) is 0. The van der Waals surface area contributed by atoms with E-state index in [2.05, 4.69) is 0 Å². The molecule has 1 N–H and O–H groups in total. The average molecular weight is 208 g/mol. The zero-order valence-electron chi connectivity index (χ0n) is 6.83. The largest absolute Gasteiger partial charge is 0.475 e. The summed E-state index contributed by atoms with van der Waals surface area (Å²) in [5, 5.41) is 8.04. The quantitative estimate of drug-likeness (QED) is 0.483. The van der Waals surface area contributed by atoms with Crippen LogP contribution in [0.2, 0.25) is 0 Å². The van der Waals surface area contributed by atoms with Gasteiger partial charge in [0.05, 0.1) is 12.8 Å². The second-order valence-corrected chi connectivity index (χ2v) is 2.39. The normalized spacial score (nSPS) is 9.93. The number of rotatable bonds is 6. The van der Waals surface area contributed by atoms with Gasteiger partial charge in [0.1, 0.15) is 5.78 Å². The van der Waals surface area contributed by atoms with E-state index in [9.17, 15) is 28.0 Å². The van der Waals surface area contributed by atoms with Crippen LogP contribution in [0.3, 0.4) is 0 Å². The van der Waals surface area contributed by atoms with E-state index in [0.29, 0.717) is 0 Å². The highest BCUT2D eigenvalue weighted by atomic mass is 19.3. The number of alkyl halides is 2. The van der Waals surface area contributed by atoms with Gasteiger partial charge >= 0.3 is 5.97 Å². The zero-order valence-corrected chi connectivity index (χ0v) is 6.83. The molecule has 7 heteroatoms. The van der Waals surface area contributed by atoms with E-state index in [4.69, 9.17) is 5.11 Å². The van der Waals surface area contributed by atoms with Crippen molar-refractivity contribution in [1.82, 2.24) is 0 Å². The first-order valence-corrected chi connectivity index (χ1v) is 3.43. The molecule has 0 saturated carbocycles. The lowest BCUT2D eigenvalue weighted by Crippen LogP contribution is -2.21. The van der Waals surface area contributed by atoms with Gasteiger partial charge in [0.2, 0.25) is 11.6 Å². The van der Waals surface area contributed by atoms with Crippen molar-refractivity contribution in [3.8, 4) is 0 Å². The maximum Gasteiger partial charge on any atom is 0.372 e. The number of carboxylic acids is 1. The molecule has 0 atom stereocenters. The van der Waals surface area contributed by atoms with E-state index in [1.807, 2.05) is 0 Å². The molecular formula is C7H6F2O5. The molecule has 0 aromatic rings. The van der Waals surface area contributed by atoms with E-state index in [-0.39, 0.29) is 0 Å². The summed E-state index contributed by atoms with van der Waals surface area (Å²) in [6.45, 7) is 0. The van der Waals surface area contributed by atoms with Gasteiger partial charge in [-0.15, -0.1) is 0 Å². The van der Waals surface area contributed by atoms with Gasteiger partial charge in [-0.3, -0.25) is 14.4 Å². The number of carboxylic acid groups (broad SMARTS) is 1. The maximum atomic E-state index is 11.6. The summed E-state index contributed by atoms with van der Waals surface area (Å²) < 4.78 is 23.2. The Labute approximate surface area is 76.7 Å². The molecule has 0 heterocycles. The summed E-state index contributed by atoms with van der Waals surface area (Å²) in [6.07, 6.45) is -5.43. The second kappa shape index (κ2) is 5.15. The van der Waals surface area contributed by atoms with Crippen LogP contribution >= 0.6 is 0 Å². The Morgan fingerprint density at radius 1 is 1.07 bits per heavy atom. The third kappa shape index (κ3) is 4.39. The number of carbonyl (C=O) groups excluding carboxylic acids is 3. The van der Waals surface area contributed by atoms with Crippen LogP contribution in [0.4, 0.5) is 8.78 Å². The molecule has 0 spiro atoms. The molecule has 0 aromatic heterocycles. The molecule has 0 unspecified atom stereocenters. The van der Waals surface area contributed by atoms with Crippen molar-refractivity contribution < 1.29 is 33.1 Å². The highest BCUT2D eigenvalue weighted by molar-refractivity contribution is 6.36. The number of aliphatic carboxylic acids is 1. The lowest BCUT2D eigenvalue weighted by Gasteiger charge is -1.96. The fraction of sp³-hybridized carbons (Fsp3) is 0.429. The first kappa shape index (κ1) is 12.3. The molecular weight excluding hydrogens is 202 g/mol. The van der Waals surface area contributed by atoms with Crippen molar-refractivity contribution in [2.24, 2.45) is 0 Å². The van der Waals surface area contributed by atoms with Crippen molar-refractivity contribution >= 4 is 23.3 Å². The van der Waals surface area contributed by atoms with Crippen LogP contribution in [0.25, 0.3) is 0 Å². The first-order valence-electron chi connectivity index (χ1n) is 3.43. The van der Waals surface area contributed by atoms with Crippen LogP contribution in [0, 0.1) is 0 Å². The summed E-state index contributed by atoms with van der Waals surface area (Å²) in [7, 11) is 0. The molecule has 0 amide bonds. The topological polar surface area (TPSA) is 88.5 Å². The SMILES string of the molecule is O=C(CC(=O)C(=O)O)CC(=O)C(F)F. The van der Waals surface area contributed by atoms with Crippen LogP contribution in [0.1, 0.15) is 12.8 Å². The van der Waals surface area contributed by atoms with Gasteiger partial charge in [0.25, 0.3) is 6.43 Å². The smallest absolute Gasteiger partial charge is 0.372 e. The molecule has 14 heavy (non-hydrogen) atoms. The molecule has 0 aliphatic carbocycles. The standard InChI is InChI=1S/C7H6F2O5/c8-6(9)4(11)1-3(10)2-5(12)7(13)14/h6H,1-2H2,(H,13,14). The maximum absolute atomic E-state index is 11.6. The van der Waals surface area contributed by atoms with E-state index in [1.165, 1.54) is 0 Å². The van der Waals surface area contributed by atoms with Crippen molar-refractivity contribution in [1.29, 1.82) is 0 Å². The minimum Gasteiger partial charge on any atom is -0.475 e. The Morgan fingerprint density at radius 3 is 1.93 bits per heavy atom. The molecule has 0 bridgehead atoms. The van der Waals surface area contributed by atoms with Crippen molar-refractivity contribution in [2.75, 3.05) is 0 Å². The Bertz CT molecular complexity index is 284. The number of carbonyl (C=O) groups is 4. The highest BCUT2D eigenvalue weighted by Gasteiger charge is 2.22. The number of halogens is 2. The number of Topliss-reactive ketones (excluding diaryl/α,β-unsaturated/α-hetero) is 3. The van der Waals surface area contributed by atoms with Gasteiger partial charge in [-0.05, 0) is 0 Å². The average Bonchev–Trinajstić information content (AvgIpc) is 2.03. The first-order chi connectivity index (χ1) is 6.34. The fourth-order valence-corrected chi connectivity index (χ4v) is 0.589. The van der Waals surface area contributed by atoms with E-state index in [1.54, 1.807) is 0 Å². The fourth-order valence-electron chi connectivity index (χ4n) is 0.589. The van der Waals surface area contributed by atoms with Crippen molar-refractivity contribution in [2.45, 2.75) is 19.3 Å². The summed E-state index contributed by atoms with van der Waals surface area (Å²) in [4.78, 5) is 41.2. The number of hydrogen-bond donors (Lipinski definition) is 1. The third-order valence-electron chi connectivity index (χ3n) is 1.21. The molecule has 0 fully saturated rings. The molecule has 0 radical (unpaired) electrons. The van der Waals surface area contributed by atoms with E-state index < -0.39 is 42.6 Å². The van der Waals surface area contributed by atoms with E-state index in [0.717, 1.165) is 0 Å². The monoisotopic (exact) mass is 208 g/mol. The molecule has 0 saturated heterocycles. The molecule has 0 aliphatic rings. The van der Waals surface area contributed by atoms with Crippen molar-refractivity contribution in [3.05, 3.63) is 0 Å². The number of hydrogen-bond acceptors (Lipinski definition) is 4. The second-order valence-electron chi connectivity index (χ2n) is 2.39. The van der Waals surface area contributed by atoms with Gasteiger partial charge in [-0.2, -0.15) is 0 Å². The Kier molecular flexibility index (Phi) is 4.54. The summed E-state index contributed by atoms with van der Waals surface area (Å²) in [5.41, 5.74) is 0. The van der Waals surface area contributed by atoms with Gasteiger partial charge in [0, 0.05) is 0 Å². The summed E-state index contributed by atoms with van der Waals surface area (Å²) >= 11 is 0. The van der Waals surface area contributed by atoms with E-state index >= 15 is 0 Å². The van der Waals surface area contributed by atoms with Crippen molar-refractivity contribution in [3.63, 3.8) is 0 Å². The third-order valence-corrected chi connectivity index (χ3v) is 1.21. The number of ketones is 3. The predicted octanol–water partition coefficient (Wildman–Crippen LogP) is -0.176. The van der Waals surface area contributed by atoms with Gasteiger partial charge < -0.3 is 5.11 Å². The lowest BCUT2D eigenvalue weighted by atomic mass is 10.1. The van der Waals surface area contributed by atoms with Crippen LogP contribution in [0.15, 0.2) is 0 Å². The van der Waals surface area contributed by atoms with Crippen LogP contribution in [-0.4, -0.2) is 34.9 Å². The molecule has 78 valence electrons. The molecule has 0 aliphatic heterocycles. The minimum absolute atomic E-state index is 1.03. The summed E-state index contributed by atoms with van der Waals surface area (Å²) in [5.74, 6) is -5.99. The highest BCUT2D eigenvalue weighted by Crippen LogP contribution is 2.01. The predicted molar refractivity (Wildman–Crippen MR) is 37.9 cm³/mol. The Balaban J connectivity index is 4.06. The zero-order chi connectivity index (χ0) is 11.3. The van der Waals surface area contributed by atoms with Gasteiger partial charge in [-0.25, -0.2) is 13.6 Å². The van der Waals surface area contributed by atoms with Gasteiger partial charge in [0.15, 0.2) is 0 Å². The van der Waals surface area contributed by atoms with Crippen LogP contribution in [0.5, 0.6) is 0 Å². The Morgan fingerprint density at radius 2 is 1.57 bits per heavy atom.